The van der Waals surface area contributed by atoms with Crippen LogP contribution in [0.1, 0.15) is 60.8 Å². The SMILES string of the molecule is CC(C)(C)OC(=O)N1C2COC[C@H]1CC(NCCCO[Si](C)(C)C(C)(C)C)C2. The van der Waals surface area contributed by atoms with E-state index >= 15 is 0 Å². The first-order valence-electron chi connectivity index (χ1n) is 10.8. The molecule has 2 unspecified atom stereocenters. The zero-order valence-electron chi connectivity index (χ0n) is 19.3. The largest absolute Gasteiger partial charge is 0.444 e. The van der Waals surface area contributed by atoms with Crippen molar-refractivity contribution < 1.29 is 18.7 Å². The quantitative estimate of drug-likeness (QED) is 0.522. The van der Waals surface area contributed by atoms with Crippen molar-refractivity contribution in [2.75, 3.05) is 26.4 Å². The van der Waals surface area contributed by atoms with Crippen molar-refractivity contribution in [1.82, 2.24) is 10.2 Å². The topological polar surface area (TPSA) is 60.0 Å². The third-order valence-electron chi connectivity index (χ3n) is 6.15. The summed E-state index contributed by atoms with van der Waals surface area (Å²) < 4.78 is 17.6. The van der Waals surface area contributed by atoms with E-state index in [1.54, 1.807) is 0 Å². The lowest BCUT2D eigenvalue weighted by Gasteiger charge is -2.48. The summed E-state index contributed by atoms with van der Waals surface area (Å²) in [6.45, 7) is 20.1. The molecule has 2 saturated heterocycles. The van der Waals surface area contributed by atoms with E-state index in [-0.39, 0.29) is 23.2 Å². The molecular weight excluding hydrogens is 372 g/mol. The Hall–Kier alpha value is -0.633. The standard InChI is InChI=1S/C21H42N2O4Si/c1-20(2,3)27-19(24)23-17-12-16(13-18(23)15-25-14-17)22-10-9-11-26-28(7,8)21(4,5)6/h16-18,22H,9-15H2,1-8H3/t16?,17-,18?/m1/s1. The fourth-order valence-corrected chi connectivity index (χ4v) is 4.70. The van der Waals surface area contributed by atoms with Gasteiger partial charge in [-0.2, -0.15) is 0 Å². The Morgan fingerprint density at radius 1 is 1.11 bits per heavy atom. The summed E-state index contributed by atoms with van der Waals surface area (Å²) in [5.41, 5.74) is -0.467. The fourth-order valence-electron chi connectivity index (χ4n) is 3.62. The Labute approximate surface area is 172 Å². The molecule has 2 rings (SSSR count). The Balaban J connectivity index is 1.77. The van der Waals surface area contributed by atoms with E-state index in [2.05, 4.69) is 39.2 Å². The molecule has 164 valence electrons. The molecule has 6 nitrogen and oxygen atoms in total. The highest BCUT2D eigenvalue weighted by Crippen LogP contribution is 2.36. The first kappa shape index (κ1) is 23.6. The Kier molecular flexibility index (Phi) is 7.62. The summed E-state index contributed by atoms with van der Waals surface area (Å²) in [5, 5.41) is 3.94. The molecule has 0 aromatic carbocycles. The van der Waals surface area contributed by atoms with Crippen LogP contribution in [0.3, 0.4) is 0 Å². The molecule has 3 atom stereocenters. The van der Waals surface area contributed by atoms with E-state index < -0.39 is 13.9 Å². The lowest BCUT2D eigenvalue weighted by molar-refractivity contribution is -0.0842. The van der Waals surface area contributed by atoms with Crippen molar-refractivity contribution in [3.63, 3.8) is 0 Å². The van der Waals surface area contributed by atoms with Gasteiger partial charge in [0.15, 0.2) is 8.32 Å². The molecule has 0 aliphatic carbocycles. The van der Waals surface area contributed by atoms with Crippen LogP contribution in [0, 0.1) is 0 Å². The van der Waals surface area contributed by atoms with Crippen LogP contribution in [0.4, 0.5) is 4.79 Å². The number of hydrogen-bond acceptors (Lipinski definition) is 5. The molecule has 0 aromatic heterocycles. The van der Waals surface area contributed by atoms with Crippen molar-refractivity contribution in [1.29, 1.82) is 0 Å². The van der Waals surface area contributed by atoms with E-state index in [9.17, 15) is 4.79 Å². The van der Waals surface area contributed by atoms with Crippen molar-refractivity contribution in [3.05, 3.63) is 0 Å². The summed E-state index contributed by atoms with van der Waals surface area (Å²) >= 11 is 0. The van der Waals surface area contributed by atoms with Gasteiger partial charge in [0.1, 0.15) is 5.60 Å². The maximum absolute atomic E-state index is 12.6. The summed E-state index contributed by atoms with van der Waals surface area (Å²) in [5.74, 6) is 0. The van der Waals surface area contributed by atoms with Crippen LogP contribution in [0.15, 0.2) is 0 Å². The summed E-state index contributed by atoms with van der Waals surface area (Å²) in [6, 6.07) is 0.622. The molecule has 2 bridgehead atoms. The lowest BCUT2D eigenvalue weighted by atomic mass is 9.90. The van der Waals surface area contributed by atoms with E-state index in [1.807, 2.05) is 25.7 Å². The second kappa shape index (κ2) is 9.02. The zero-order valence-corrected chi connectivity index (χ0v) is 20.3. The fraction of sp³-hybridized carbons (Fsp3) is 0.952. The average Bonchev–Trinajstić information content (AvgIpc) is 2.50. The van der Waals surface area contributed by atoms with Crippen molar-refractivity contribution in [3.8, 4) is 0 Å². The number of rotatable bonds is 6. The smallest absolute Gasteiger partial charge is 0.410 e. The molecule has 0 spiro atoms. The van der Waals surface area contributed by atoms with Gasteiger partial charge in [-0.25, -0.2) is 4.79 Å². The van der Waals surface area contributed by atoms with E-state index in [0.717, 1.165) is 32.4 Å². The highest BCUT2D eigenvalue weighted by molar-refractivity contribution is 6.74. The molecule has 2 aliphatic heterocycles. The molecule has 0 saturated carbocycles. The summed E-state index contributed by atoms with van der Waals surface area (Å²) in [7, 11) is -1.66. The van der Waals surface area contributed by atoms with Gasteiger partial charge in [-0.3, -0.25) is 4.90 Å². The molecule has 28 heavy (non-hydrogen) atoms. The second-order valence-electron chi connectivity index (χ2n) is 10.8. The van der Waals surface area contributed by atoms with Crippen LogP contribution in [0.25, 0.3) is 0 Å². The number of amides is 1. The third-order valence-corrected chi connectivity index (χ3v) is 10.7. The minimum Gasteiger partial charge on any atom is -0.444 e. The van der Waals surface area contributed by atoms with Gasteiger partial charge in [0, 0.05) is 12.6 Å². The molecule has 0 radical (unpaired) electrons. The summed E-state index contributed by atoms with van der Waals surface area (Å²) in [4.78, 5) is 14.5. The zero-order chi connectivity index (χ0) is 21.2. The van der Waals surface area contributed by atoms with Gasteiger partial charge in [-0.1, -0.05) is 20.8 Å². The van der Waals surface area contributed by atoms with Gasteiger partial charge in [0.25, 0.3) is 0 Å². The minimum absolute atomic E-state index is 0.100. The Bertz CT molecular complexity index is 513. The van der Waals surface area contributed by atoms with Crippen LogP contribution >= 0.6 is 0 Å². The van der Waals surface area contributed by atoms with Crippen LogP contribution in [-0.2, 0) is 13.9 Å². The number of hydrogen-bond donors (Lipinski definition) is 1. The van der Waals surface area contributed by atoms with Crippen molar-refractivity contribution in [2.24, 2.45) is 0 Å². The maximum atomic E-state index is 12.6. The molecule has 1 N–H and O–H groups in total. The van der Waals surface area contributed by atoms with Gasteiger partial charge in [0.2, 0.25) is 0 Å². The molecule has 0 aromatic rings. The lowest BCUT2D eigenvalue weighted by Crippen LogP contribution is -2.62. The van der Waals surface area contributed by atoms with Crippen LogP contribution < -0.4 is 5.32 Å². The first-order valence-corrected chi connectivity index (χ1v) is 13.7. The van der Waals surface area contributed by atoms with Crippen LogP contribution in [-0.4, -0.2) is 69.4 Å². The van der Waals surface area contributed by atoms with Crippen LogP contribution in [0.2, 0.25) is 18.1 Å². The van der Waals surface area contributed by atoms with Crippen LogP contribution in [0.5, 0.6) is 0 Å². The molecule has 1 amide bonds. The average molecular weight is 415 g/mol. The minimum atomic E-state index is -1.66. The number of nitrogens with one attached hydrogen (secondary N) is 1. The van der Waals surface area contributed by atoms with Gasteiger partial charge in [-0.05, 0) is 64.7 Å². The molecule has 2 aliphatic rings. The van der Waals surface area contributed by atoms with Gasteiger partial charge in [-0.15, -0.1) is 0 Å². The third kappa shape index (κ3) is 6.44. The van der Waals surface area contributed by atoms with Crippen molar-refractivity contribution in [2.45, 2.75) is 103 Å². The van der Waals surface area contributed by atoms with Crippen molar-refractivity contribution >= 4 is 14.4 Å². The Morgan fingerprint density at radius 2 is 1.68 bits per heavy atom. The molecular formula is C21H42N2O4Si. The summed E-state index contributed by atoms with van der Waals surface area (Å²) in [6.07, 6.45) is 2.65. The highest BCUT2D eigenvalue weighted by Gasteiger charge is 2.43. The van der Waals surface area contributed by atoms with E-state index in [4.69, 9.17) is 13.9 Å². The van der Waals surface area contributed by atoms with Gasteiger partial charge in [0.05, 0.1) is 25.3 Å². The molecule has 2 fully saturated rings. The molecule has 2 heterocycles. The highest BCUT2D eigenvalue weighted by atomic mass is 28.4. The number of piperidine rings is 1. The number of carbonyl (C=O) groups excluding carboxylic acids is 1. The monoisotopic (exact) mass is 414 g/mol. The number of ether oxygens (including phenoxy) is 2. The number of carbonyl (C=O) groups is 1. The number of nitrogens with zero attached hydrogens (tertiary/aromatic N) is 1. The van der Waals surface area contributed by atoms with Gasteiger partial charge >= 0.3 is 6.09 Å². The predicted octanol–water partition coefficient (Wildman–Crippen LogP) is 4.15. The maximum Gasteiger partial charge on any atom is 0.410 e. The predicted molar refractivity (Wildman–Crippen MR) is 115 cm³/mol. The molecule has 7 heteroatoms. The first-order chi connectivity index (χ1) is 12.8. The number of fused-ring (bicyclic) bond motifs is 2. The Morgan fingerprint density at radius 3 is 2.18 bits per heavy atom. The van der Waals surface area contributed by atoms with Gasteiger partial charge < -0.3 is 19.2 Å². The van der Waals surface area contributed by atoms with E-state index in [0.29, 0.717) is 19.3 Å². The van der Waals surface area contributed by atoms with E-state index in [1.165, 1.54) is 0 Å². The normalized spacial score (nSPS) is 26.3. The number of morpholine rings is 1. The second-order valence-corrected chi connectivity index (χ2v) is 15.6.